The average molecular weight is 500 g/mol. The topological polar surface area (TPSA) is 91.9 Å². The van der Waals surface area contributed by atoms with Gasteiger partial charge in [0.15, 0.2) is 0 Å². The monoisotopic (exact) mass is 499 g/mol. The van der Waals surface area contributed by atoms with Crippen LogP contribution in [0.15, 0.2) is 67.0 Å². The summed E-state index contributed by atoms with van der Waals surface area (Å²) in [5.41, 5.74) is 5.44. The SMILES string of the molecule is COC(=O)CCCCCCCNCc1ccc(-c2cc3c(NC(C)c4ccccc4)ncnc3[nH]2)cc1. The molecule has 0 spiro atoms. The lowest BCUT2D eigenvalue weighted by Crippen LogP contribution is -2.14. The maximum atomic E-state index is 11.1. The molecule has 7 nitrogen and oxygen atoms in total. The highest BCUT2D eigenvalue weighted by Crippen LogP contribution is 2.29. The van der Waals surface area contributed by atoms with Gasteiger partial charge in [0.05, 0.1) is 12.5 Å². The second-order valence-electron chi connectivity index (χ2n) is 9.41. The minimum atomic E-state index is -0.110. The summed E-state index contributed by atoms with van der Waals surface area (Å²) in [4.78, 5) is 23.5. The molecule has 0 bridgehead atoms. The summed E-state index contributed by atoms with van der Waals surface area (Å²) < 4.78 is 4.67. The van der Waals surface area contributed by atoms with E-state index in [1.165, 1.54) is 24.7 Å². The van der Waals surface area contributed by atoms with Crippen molar-refractivity contribution in [2.45, 2.75) is 58.0 Å². The molecule has 2 heterocycles. The summed E-state index contributed by atoms with van der Waals surface area (Å²) in [6.45, 7) is 3.99. The van der Waals surface area contributed by atoms with Gasteiger partial charge in [0.2, 0.25) is 0 Å². The number of carbonyl (C=O) groups is 1. The van der Waals surface area contributed by atoms with E-state index in [4.69, 9.17) is 0 Å². The zero-order valence-electron chi connectivity index (χ0n) is 21.8. The van der Waals surface area contributed by atoms with Crippen molar-refractivity contribution in [2.75, 3.05) is 19.0 Å². The zero-order valence-corrected chi connectivity index (χ0v) is 21.8. The molecule has 194 valence electrons. The Balaban J connectivity index is 1.26. The summed E-state index contributed by atoms with van der Waals surface area (Å²) in [6.07, 6.45) is 7.61. The molecular weight excluding hydrogens is 462 g/mol. The summed E-state index contributed by atoms with van der Waals surface area (Å²) in [5, 5.41) is 8.05. The number of fused-ring (bicyclic) bond motifs is 1. The van der Waals surface area contributed by atoms with E-state index in [0.29, 0.717) is 6.42 Å². The Hall–Kier alpha value is -3.71. The van der Waals surface area contributed by atoms with E-state index in [1.54, 1.807) is 6.33 Å². The second kappa shape index (κ2) is 13.6. The van der Waals surface area contributed by atoms with E-state index >= 15 is 0 Å². The molecule has 37 heavy (non-hydrogen) atoms. The molecule has 4 rings (SSSR count). The molecule has 1 unspecified atom stereocenters. The fourth-order valence-corrected chi connectivity index (χ4v) is 4.43. The van der Waals surface area contributed by atoms with Gasteiger partial charge < -0.3 is 20.4 Å². The van der Waals surface area contributed by atoms with Crippen LogP contribution in [0.3, 0.4) is 0 Å². The number of H-pyrrole nitrogens is 1. The molecule has 0 aliphatic rings. The number of aromatic amines is 1. The zero-order chi connectivity index (χ0) is 25.9. The van der Waals surface area contributed by atoms with Crippen molar-refractivity contribution in [3.63, 3.8) is 0 Å². The number of esters is 1. The molecule has 0 aliphatic carbocycles. The maximum absolute atomic E-state index is 11.1. The average Bonchev–Trinajstić information content (AvgIpc) is 3.38. The number of carbonyl (C=O) groups excluding carboxylic acids is 1. The van der Waals surface area contributed by atoms with Gasteiger partial charge in [-0.15, -0.1) is 0 Å². The molecule has 2 aromatic heterocycles. The number of benzene rings is 2. The van der Waals surface area contributed by atoms with Gasteiger partial charge in [0, 0.05) is 24.7 Å². The fourth-order valence-electron chi connectivity index (χ4n) is 4.43. The molecular formula is C30H37N5O2. The number of ether oxygens (including phenoxy) is 1. The largest absolute Gasteiger partial charge is 0.469 e. The summed E-state index contributed by atoms with van der Waals surface area (Å²) >= 11 is 0. The Morgan fingerprint density at radius 2 is 1.73 bits per heavy atom. The van der Waals surface area contributed by atoms with Crippen LogP contribution in [0.5, 0.6) is 0 Å². The van der Waals surface area contributed by atoms with Gasteiger partial charge in [-0.3, -0.25) is 4.79 Å². The van der Waals surface area contributed by atoms with Crippen LogP contribution in [-0.2, 0) is 16.1 Å². The molecule has 0 aliphatic heterocycles. The summed E-state index contributed by atoms with van der Waals surface area (Å²) in [6, 6.07) is 21.2. The third-order valence-corrected chi connectivity index (χ3v) is 6.63. The van der Waals surface area contributed by atoms with E-state index in [1.807, 2.05) is 6.07 Å². The number of hydrogen-bond donors (Lipinski definition) is 3. The third-order valence-electron chi connectivity index (χ3n) is 6.63. The van der Waals surface area contributed by atoms with Crippen molar-refractivity contribution in [2.24, 2.45) is 0 Å². The number of unbranched alkanes of at least 4 members (excludes halogenated alkanes) is 4. The summed E-state index contributed by atoms with van der Waals surface area (Å²) in [7, 11) is 1.44. The van der Waals surface area contributed by atoms with Crippen LogP contribution in [-0.4, -0.2) is 34.6 Å². The number of methoxy groups -OCH3 is 1. The van der Waals surface area contributed by atoms with Crippen molar-refractivity contribution < 1.29 is 9.53 Å². The first-order chi connectivity index (χ1) is 18.1. The van der Waals surface area contributed by atoms with E-state index in [0.717, 1.165) is 66.9 Å². The molecule has 0 saturated carbocycles. The normalized spacial score (nSPS) is 11.9. The number of aromatic nitrogens is 3. The molecule has 1 atom stereocenters. The van der Waals surface area contributed by atoms with Crippen LogP contribution in [0.1, 0.15) is 62.6 Å². The number of nitrogens with zero attached hydrogens (tertiary/aromatic N) is 2. The summed E-state index contributed by atoms with van der Waals surface area (Å²) in [5.74, 6) is 0.717. The smallest absolute Gasteiger partial charge is 0.305 e. The lowest BCUT2D eigenvalue weighted by Gasteiger charge is -2.15. The minimum absolute atomic E-state index is 0.110. The van der Waals surface area contributed by atoms with Crippen LogP contribution in [0.4, 0.5) is 5.82 Å². The van der Waals surface area contributed by atoms with Crippen molar-refractivity contribution in [3.8, 4) is 11.3 Å². The molecule has 0 saturated heterocycles. The molecule has 3 N–H and O–H groups in total. The predicted octanol–water partition coefficient (Wildman–Crippen LogP) is 6.40. The first-order valence-corrected chi connectivity index (χ1v) is 13.2. The first kappa shape index (κ1) is 26.4. The van der Waals surface area contributed by atoms with Gasteiger partial charge in [-0.1, -0.05) is 73.9 Å². The van der Waals surface area contributed by atoms with E-state index in [2.05, 4.69) is 91.8 Å². The highest BCUT2D eigenvalue weighted by Gasteiger charge is 2.12. The number of anilines is 1. The Labute approximate surface area is 219 Å². The Kier molecular flexibility index (Phi) is 9.66. The minimum Gasteiger partial charge on any atom is -0.469 e. The fraction of sp³-hybridized carbons (Fsp3) is 0.367. The number of rotatable bonds is 14. The first-order valence-electron chi connectivity index (χ1n) is 13.2. The number of hydrogen-bond acceptors (Lipinski definition) is 6. The van der Waals surface area contributed by atoms with E-state index < -0.39 is 0 Å². The lowest BCUT2D eigenvalue weighted by atomic mass is 10.1. The van der Waals surface area contributed by atoms with Crippen molar-refractivity contribution in [3.05, 3.63) is 78.1 Å². The lowest BCUT2D eigenvalue weighted by molar-refractivity contribution is -0.140. The highest BCUT2D eigenvalue weighted by atomic mass is 16.5. The van der Waals surface area contributed by atoms with Crippen LogP contribution < -0.4 is 10.6 Å². The Morgan fingerprint density at radius 1 is 0.973 bits per heavy atom. The van der Waals surface area contributed by atoms with Crippen molar-refractivity contribution in [1.29, 1.82) is 0 Å². The van der Waals surface area contributed by atoms with Gasteiger partial charge in [-0.05, 0) is 49.1 Å². The van der Waals surface area contributed by atoms with Crippen LogP contribution in [0.2, 0.25) is 0 Å². The number of nitrogens with one attached hydrogen (secondary N) is 3. The molecule has 2 aromatic carbocycles. The third kappa shape index (κ3) is 7.64. The predicted molar refractivity (Wildman–Crippen MR) is 149 cm³/mol. The molecule has 0 amide bonds. The van der Waals surface area contributed by atoms with Crippen LogP contribution in [0, 0.1) is 0 Å². The Morgan fingerprint density at radius 3 is 2.51 bits per heavy atom. The van der Waals surface area contributed by atoms with Gasteiger partial charge >= 0.3 is 5.97 Å². The quantitative estimate of drug-likeness (QED) is 0.137. The van der Waals surface area contributed by atoms with E-state index in [9.17, 15) is 4.79 Å². The molecule has 4 aromatic rings. The van der Waals surface area contributed by atoms with Gasteiger partial charge in [-0.2, -0.15) is 0 Å². The molecule has 7 heteroatoms. The standard InChI is InChI=1S/C30H37N5O2/c1-22(24-11-7-6-8-12-24)34-29-26-19-27(35-30(26)33-21-32-29)25-16-14-23(15-17-25)20-31-18-10-5-3-4-9-13-28(36)37-2/h6-8,11-12,14-17,19,21-22,31H,3-5,9-10,13,18,20H2,1-2H3,(H2,32,33,34,35). The van der Waals surface area contributed by atoms with Crippen molar-refractivity contribution >= 4 is 22.8 Å². The highest BCUT2D eigenvalue weighted by molar-refractivity contribution is 5.91. The van der Waals surface area contributed by atoms with Gasteiger partial charge in [0.25, 0.3) is 0 Å². The van der Waals surface area contributed by atoms with Crippen LogP contribution >= 0.6 is 0 Å². The van der Waals surface area contributed by atoms with Crippen molar-refractivity contribution in [1.82, 2.24) is 20.3 Å². The van der Waals surface area contributed by atoms with Crippen LogP contribution in [0.25, 0.3) is 22.3 Å². The molecule has 0 fully saturated rings. The van der Waals surface area contributed by atoms with E-state index in [-0.39, 0.29) is 12.0 Å². The van der Waals surface area contributed by atoms with Gasteiger partial charge in [-0.25, -0.2) is 9.97 Å². The van der Waals surface area contributed by atoms with Gasteiger partial charge in [0.1, 0.15) is 17.8 Å². The Bertz CT molecular complexity index is 1250. The second-order valence-corrected chi connectivity index (χ2v) is 9.41. The molecule has 0 radical (unpaired) electrons. The maximum Gasteiger partial charge on any atom is 0.305 e.